The fourth-order valence-corrected chi connectivity index (χ4v) is 2.01. The van der Waals surface area contributed by atoms with Crippen LogP contribution in [0.15, 0.2) is 24.3 Å². The molecule has 0 spiro atoms. The Morgan fingerprint density at radius 2 is 1.84 bits per heavy atom. The van der Waals surface area contributed by atoms with Gasteiger partial charge in [0, 0.05) is 12.6 Å². The maximum absolute atomic E-state index is 5.49. The highest BCUT2D eigenvalue weighted by atomic mass is 16.5. The Kier molecular flexibility index (Phi) is 7.53. The molecule has 0 bridgehead atoms. The summed E-state index contributed by atoms with van der Waals surface area (Å²) >= 11 is 0. The topological polar surface area (TPSA) is 24.5 Å². The first-order valence-electron chi connectivity index (χ1n) is 7.35. The third-order valence-electron chi connectivity index (χ3n) is 3.27. The Labute approximate surface area is 118 Å². The predicted molar refractivity (Wildman–Crippen MR) is 81.8 cm³/mol. The zero-order chi connectivity index (χ0) is 14.1. The summed E-state index contributed by atoms with van der Waals surface area (Å²) in [7, 11) is 2.16. The third kappa shape index (κ3) is 5.62. The second-order valence-corrected chi connectivity index (χ2v) is 4.86. The van der Waals surface area contributed by atoms with E-state index in [1.165, 1.54) is 5.56 Å². The molecule has 1 rings (SSSR count). The summed E-state index contributed by atoms with van der Waals surface area (Å²) in [6.45, 7) is 10.3. The molecule has 0 aliphatic carbocycles. The molecule has 0 aliphatic heterocycles. The van der Waals surface area contributed by atoms with Crippen molar-refractivity contribution < 1.29 is 4.74 Å². The summed E-state index contributed by atoms with van der Waals surface area (Å²) in [6, 6.07) is 8.85. The first kappa shape index (κ1) is 16.0. The molecule has 19 heavy (non-hydrogen) atoms. The molecule has 0 aromatic heterocycles. The van der Waals surface area contributed by atoms with Gasteiger partial charge in [0.05, 0.1) is 6.61 Å². The maximum atomic E-state index is 5.49. The third-order valence-corrected chi connectivity index (χ3v) is 3.27. The van der Waals surface area contributed by atoms with Crippen LogP contribution >= 0.6 is 0 Å². The predicted octanol–water partition coefficient (Wildman–Crippen LogP) is 3.08. The molecule has 1 N–H and O–H groups in total. The van der Waals surface area contributed by atoms with Crippen LogP contribution in [-0.4, -0.2) is 38.2 Å². The molecule has 1 atom stereocenters. The summed E-state index contributed by atoms with van der Waals surface area (Å²) in [5.41, 5.74) is 1.33. The highest BCUT2D eigenvalue weighted by Crippen LogP contribution is 2.18. The number of hydrogen-bond acceptors (Lipinski definition) is 3. The fraction of sp³-hybridized carbons (Fsp3) is 0.625. The monoisotopic (exact) mass is 264 g/mol. The molecule has 0 amide bonds. The molecule has 0 heterocycles. The molecule has 108 valence electrons. The van der Waals surface area contributed by atoms with Crippen molar-refractivity contribution in [1.29, 1.82) is 0 Å². The van der Waals surface area contributed by atoms with Crippen LogP contribution in [-0.2, 0) is 0 Å². The molecule has 1 unspecified atom stereocenters. The number of nitrogens with one attached hydrogen (secondary N) is 1. The van der Waals surface area contributed by atoms with E-state index < -0.39 is 0 Å². The minimum atomic E-state index is 0.389. The van der Waals surface area contributed by atoms with E-state index in [-0.39, 0.29) is 0 Å². The van der Waals surface area contributed by atoms with E-state index in [1.807, 2.05) is 6.92 Å². The summed E-state index contributed by atoms with van der Waals surface area (Å²) in [4.78, 5) is 2.34. The van der Waals surface area contributed by atoms with Crippen molar-refractivity contribution >= 4 is 0 Å². The lowest BCUT2D eigenvalue weighted by Gasteiger charge is -2.24. The summed E-state index contributed by atoms with van der Waals surface area (Å²) in [6.07, 6.45) is 1.16. The minimum Gasteiger partial charge on any atom is -0.494 e. The van der Waals surface area contributed by atoms with Crippen LogP contribution in [0.4, 0.5) is 0 Å². The van der Waals surface area contributed by atoms with Gasteiger partial charge in [-0.05, 0) is 51.2 Å². The first-order chi connectivity index (χ1) is 9.21. The van der Waals surface area contributed by atoms with Gasteiger partial charge in [-0.25, -0.2) is 0 Å². The van der Waals surface area contributed by atoms with Crippen molar-refractivity contribution in [3.8, 4) is 5.75 Å². The summed E-state index contributed by atoms with van der Waals surface area (Å²) in [5.74, 6) is 0.948. The average Bonchev–Trinajstić information content (AvgIpc) is 2.44. The van der Waals surface area contributed by atoms with Crippen LogP contribution in [0.2, 0.25) is 0 Å². The molecule has 0 saturated carbocycles. The van der Waals surface area contributed by atoms with Gasteiger partial charge in [0.25, 0.3) is 0 Å². The number of rotatable bonds is 9. The van der Waals surface area contributed by atoms with Gasteiger partial charge in [-0.2, -0.15) is 0 Å². The van der Waals surface area contributed by atoms with Crippen LogP contribution in [0.5, 0.6) is 5.75 Å². The van der Waals surface area contributed by atoms with E-state index in [9.17, 15) is 0 Å². The highest BCUT2D eigenvalue weighted by molar-refractivity contribution is 5.29. The molecule has 3 heteroatoms. The highest BCUT2D eigenvalue weighted by Gasteiger charge is 2.12. The van der Waals surface area contributed by atoms with Crippen molar-refractivity contribution in [2.75, 3.05) is 33.3 Å². The number of likely N-dealkylation sites (N-methyl/N-ethyl adjacent to an activating group) is 1. The van der Waals surface area contributed by atoms with Crippen molar-refractivity contribution in [3.63, 3.8) is 0 Å². The van der Waals surface area contributed by atoms with Crippen molar-refractivity contribution in [1.82, 2.24) is 10.2 Å². The molecule has 0 aliphatic rings. The van der Waals surface area contributed by atoms with Gasteiger partial charge < -0.3 is 15.0 Å². The van der Waals surface area contributed by atoms with E-state index in [0.717, 1.165) is 38.4 Å². The van der Waals surface area contributed by atoms with Crippen molar-refractivity contribution in [3.05, 3.63) is 29.8 Å². The Balaban J connectivity index is 2.71. The van der Waals surface area contributed by atoms with Gasteiger partial charge in [0.2, 0.25) is 0 Å². The van der Waals surface area contributed by atoms with Gasteiger partial charge in [0.1, 0.15) is 5.75 Å². The lowest BCUT2D eigenvalue weighted by molar-refractivity contribution is 0.303. The molecule has 1 aromatic rings. The number of ether oxygens (including phenoxy) is 1. The number of nitrogens with zero attached hydrogens (tertiary/aromatic N) is 1. The Morgan fingerprint density at radius 1 is 1.16 bits per heavy atom. The fourth-order valence-electron chi connectivity index (χ4n) is 2.01. The van der Waals surface area contributed by atoms with Crippen LogP contribution < -0.4 is 10.1 Å². The molecule has 3 nitrogen and oxygen atoms in total. The van der Waals surface area contributed by atoms with Gasteiger partial charge in [-0.15, -0.1) is 0 Å². The van der Waals surface area contributed by atoms with Crippen LogP contribution in [0, 0.1) is 0 Å². The van der Waals surface area contributed by atoms with E-state index in [1.54, 1.807) is 0 Å². The molecule has 0 fully saturated rings. The van der Waals surface area contributed by atoms with Crippen molar-refractivity contribution in [2.24, 2.45) is 0 Å². The molecule has 1 aromatic carbocycles. The largest absolute Gasteiger partial charge is 0.494 e. The Morgan fingerprint density at radius 3 is 2.37 bits per heavy atom. The van der Waals surface area contributed by atoms with E-state index in [0.29, 0.717) is 6.04 Å². The number of hydrogen-bond donors (Lipinski definition) is 1. The van der Waals surface area contributed by atoms with Crippen LogP contribution in [0.1, 0.15) is 38.8 Å². The van der Waals surface area contributed by atoms with E-state index >= 15 is 0 Å². The van der Waals surface area contributed by atoms with Gasteiger partial charge in [-0.3, -0.25) is 0 Å². The summed E-state index contributed by atoms with van der Waals surface area (Å²) in [5, 5.41) is 3.62. The maximum Gasteiger partial charge on any atom is 0.119 e. The quantitative estimate of drug-likeness (QED) is 0.742. The van der Waals surface area contributed by atoms with Crippen molar-refractivity contribution in [2.45, 2.75) is 33.2 Å². The SMILES string of the molecule is CCCNC(CN(C)CC)c1ccc(OCC)cc1. The van der Waals surface area contributed by atoms with Crippen LogP contribution in [0.25, 0.3) is 0 Å². The lowest BCUT2D eigenvalue weighted by Crippen LogP contribution is -2.33. The number of benzene rings is 1. The zero-order valence-corrected chi connectivity index (χ0v) is 12.8. The lowest BCUT2D eigenvalue weighted by atomic mass is 10.1. The van der Waals surface area contributed by atoms with Crippen LogP contribution in [0.3, 0.4) is 0 Å². The minimum absolute atomic E-state index is 0.389. The summed E-state index contributed by atoms with van der Waals surface area (Å²) < 4.78 is 5.49. The molecular formula is C16H28N2O. The molecule has 0 radical (unpaired) electrons. The first-order valence-corrected chi connectivity index (χ1v) is 7.35. The second-order valence-electron chi connectivity index (χ2n) is 4.86. The Bertz CT molecular complexity index is 337. The second kappa shape index (κ2) is 8.94. The zero-order valence-electron chi connectivity index (χ0n) is 12.8. The smallest absolute Gasteiger partial charge is 0.119 e. The average molecular weight is 264 g/mol. The van der Waals surface area contributed by atoms with Gasteiger partial charge >= 0.3 is 0 Å². The molecule has 0 saturated heterocycles. The molecular weight excluding hydrogens is 236 g/mol. The Hall–Kier alpha value is -1.06. The standard InChI is InChI=1S/C16H28N2O/c1-5-12-17-16(13-18(4)6-2)14-8-10-15(11-9-14)19-7-3/h8-11,16-17H,5-7,12-13H2,1-4H3. The normalized spacial score (nSPS) is 12.7. The van der Waals surface area contributed by atoms with E-state index in [4.69, 9.17) is 4.74 Å². The van der Waals surface area contributed by atoms with E-state index in [2.05, 4.69) is 55.4 Å². The van der Waals surface area contributed by atoms with Gasteiger partial charge in [0.15, 0.2) is 0 Å². The van der Waals surface area contributed by atoms with Gasteiger partial charge in [-0.1, -0.05) is 26.0 Å².